The summed E-state index contributed by atoms with van der Waals surface area (Å²) in [6, 6.07) is 0. The Balaban J connectivity index is 1.99. The van der Waals surface area contributed by atoms with Gasteiger partial charge in [0.2, 0.25) is 0 Å². The van der Waals surface area contributed by atoms with Crippen molar-refractivity contribution in [3.8, 4) is 0 Å². The van der Waals surface area contributed by atoms with Gasteiger partial charge in [-0.1, -0.05) is 48.5 Å². The fraction of sp³-hybridized carbons (Fsp3) is 0.684. The van der Waals surface area contributed by atoms with Crippen LogP contribution in [0, 0.1) is 0 Å². The summed E-state index contributed by atoms with van der Waals surface area (Å²) in [7, 11) is 0. The number of aromatic nitrogens is 4. The van der Waals surface area contributed by atoms with E-state index in [4.69, 9.17) is 0 Å². The Bertz CT molecular complexity index is 619. The van der Waals surface area contributed by atoms with E-state index in [1.165, 1.54) is 11.4 Å². The lowest BCUT2D eigenvalue weighted by Gasteiger charge is -2.24. The Morgan fingerprint density at radius 1 is 0.913 bits per heavy atom. The van der Waals surface area contributed by atoms with Crippen molar-refractivity contribution in [1.82, 2.24) is 19.9 Å². The maximum absolute atomic E-state index is 4.61. The monoisotopic (exact) mass is 316 g/mol. The van der Waals surface area contributed by atoms with Gasteiger partial charge in [-0.2, -0.15) is 0 Å². The fourth-order valence-corrected chi connectivity index (χ4v) is 2.72. The molecule has 0 aliphatic heterocycles. The van der Waals surface area contributed by atoms with Gasteiger partial charge in [0.1, 0.15) is 11.6 Å². The van der Waals surface area contributed by atoms with Crippen molar-refractivity contribution in [2.24, 2.45) is 0 Å². The Hall–Kier alpha value is -1.58. The first-order valence-electron chi connectivity index (χ1n) is 8.81. The number of hydrogen-bond acceptors (Lipinski definition) is 2. The predicted molar refractivity (Wildman–Crippen MR) is 96.0 cm³/mol. The van der Waals surface area contributed by atoms with Gasteiger partial charge in [0.15, 0.2) is 0 Å². The third kappa shape index (κ3) is 4.24. The SMILES string of the molecule is CC(C)c1cnc(C(C)(C)CCC(C)c2cnc(C(C)C)[nH]2)[nH]1. The second-order valence-electron chi connectivity index (χ2n) is 8.04. The molecule has 0 amide bonds. The van der Waals surface area contributed by atoms with Crippen LogP contribution in [-0.2, 0) is 5.41 Å². The number of nitrogens with zero attached hydrogens (tertiary/aromatic N) is 2. The van der Waals surface area contributed by atoms with Gasteiger partial charge < -0.3 is 9.97 Å². The summed E-state index contributed by atoms with van der Waals surface area (Å²) in [6.07, 6.45) is 6.19. The molecule has 2 aromatic rings. The van der Waals surface area contributed by atoms with Crippen molar-refractivity contribution < 1.29 is 0 Å². The number of aromatic amines is 2. The number of nitrogens with one attached hydrogen (secondary N) is 2. The topological polar surface area (TPSA) is 57.4 Å². The first kappa shape index (κ1) is 17.8. The molecule has 0 fully saturated rings. The van der Waals surface area contributed by atoms with Gasteiger partial charge >= 0.3 is 0 Å². The van der Waals surface area contributed by atoms with Crippen molar-refractivity contribution in [1.29, 1.82) is 0 Å². The maximum atomic E-state index is 4.61. The molecule has 1 unspecified atom stereocenters. The molecule has 0 aliphatic rings. The van der Waals surface area contributed by atoms with E-state index < -0.39 is 0 Å². The zero-order chi connectivity index (χ0) is 17.2. The number of imidazole rings is 2. The van der Waals surface area contributed by atoms with Crippen molar-refractivity contribution in [2.75, 3.05) is 0 Å². The van der Waals surface area contributed by atoms with Crippen LogP contribution in [0.5, 0.6) is 0 Å². The number of H-pyrrole nitrogens is 2. The van der Waals surface area contributed by atoms with Crippen LogP contribution in [0.15, 0.2) is 12.4 Å². The van der Waals surface area contributed by atoms with Crippen LogP contribution in [0.3, 0.4) is 0 Å². The van der Waals surface area contributed by atoms with Crippen LogP contribution in [0.1, 0.15) is 102 Å². The van der Waals surface area contributed by atoms with Crippen LogP contribution in [-0.4, -0.2) is 19.9 Å². The second kappa shape index (κ2) is 6.90. The molecule has 128 valence electrons. The number of hydrogen-bond donors (Lipinski definition) is 2. The van der Waals surface area contributed by atoms with Gasteiger partial charge in [-0.3, -0.25) is 0 Å². The van der Waals surface area contributed by atoms with Crippen LogP contribution in [0.2, 0.25) is 0 Å². The molecule has 0 radical (unpaired) electrons. The minimum absolute atomic E-state index is 0.0578. The van der Waals surface area contributed by atoms with E-state index in [1.807, 2.05) is 12.4 Å². The van der Waals surface area contributed by atoms with E-state index in [0.717, 1.165) is 24.5 Å². The summed E-state index contributed by atoms with van der Waals surface area (Å²) in [5, 5.41) is 0. The van der Waals surface area contributed by atoms with E-state index in [-0.39, 0.29) is 5.41 Å². The molecule has 23 heavy (non-hydrogen) atoms. The summed E-state index contributed by atoms with van der Waals surface area (Å²) >= 11 is 0. The summed E-state index contributed by atoms with van der Waals surface area (Å²) in [5.74, 6) is 3.60. The highest BCUT2D eigenvalue weighted by Gasteiger charge is 2.25. The van der Waals surface area contributed by atoms with Gasteiger partial charge in [0.05, 0.1) is 0 Å². The average molecular weight is 316 g/mol. The van der Waals surface area contributed by atoms with E-state index in [1.54, 1.807) is 0 Å². The van der Waals surface area contributed by atoms with Crippen LogP contribution >= 0.6 is 0 Å². The largest absolute Gasteiger partial charge is 0.345 e. The van der Waals surface area contributed by atoms with Gasteiger partial charge in [-0.05, 0) is 24.7 Å². The zero-order valence-corrected chi connectivity index (χ0v) is 15.7. The molecular formula is C19H32N4. The summed E-state index contributed by atoms with van der Waals surface area (Å²) in [5.41, 5.74) is 2.52. The lowest BCUT2D eigenvalue weighted by atomic mass is 9.83. The van der Waals surface area contributed by atoms with Crippen LogP contribution in [0.25, 0.3) is 0 Å². The summed E-state index contributed by atoms with van der Waals surface area (Å²) < 4.78 is 0. The quantitative estimate of drug-likeness (QED) is 0.733. The first-order valence-corrected chi connectivity index (χ1v) is 8.81. The van der Waals surface area contributed by atoms with Gasteiger partial charge in [0, 0.05) is 35.1 Å². The van der Waals surface area contributed by atoms with Gasteiger partial charge in [-0.25, -0.2) is 9.97 Å². The molecule has 0 saturated carbocycles. The highest BCUT2D eigenvalue weighted by Crippen LogP contribution is 2.31. The molecule has 2 N–H and O–H groups in total. The van der Waals surface area contributed by atoms with E-state index >= 15 is 0 Å². The van der Waals surface area contributed by atoms with Crippen molar-refractivity contribution in [3.05, 3.63) is 35.4 Å². The Kier molecular flexibility index (Phi) is 5.33. The predicted octanol–water partition coefficient (Wildman–Crippen LogP) is 5.24. The summed E-state index contributed by atoms with van der Waals surface area (Å²) in [4.78, 5) is 16.1. The van der Waals surface area contributed by atoms with E-state index in [9.17, 15) is 0 Å². The Morgan fingerprint density at radius 3 is 2.09 bits per heavy atom. The molecule has 0 bridgehead atoms. The minimum atomic E-state index is 0.0578. The molecule has 1 atom stereocenters. The van der Waals surface area contributed by atoms with Crippen molar-refractivity contribution in [2.45, 2.75) is 84.5 Å². The normalized spacial score (nSPS) is 14.0. The second-order valence-corrected chi connectivity index (χ2v) is 8.04. The van der Waals surface area contributed by atoms with Crippen LogP contribution < -0.4 is 0 Å². The molecule has 0 spiro atoms. The highest BCUT2D eigenvalue weighted by atomic mass is 14.9. The van der Waals surface area contributed by atoms with Gasteiger partial charge in [0.25, 0.3) is 0 Å². The third-order valence-corrected chi connectivity index (χ3v) is 4.75. The molecule has 2 rings (SSSR count). The fourth-order valence-electron chi connectivity index (χ4n) is 2.72. The van der Waals surface area contributed by atoms with Crippen LogP contribution in [0.4, 0.5) is 0 Å². The molecule has 2 aromatic heterocycles. The minimum Gasteiger partial charge on any atom is -0.345 e. The molecular weight excluding hydrogens is 284 g/mol. The zero-order valence-electron chi connectivity index (χ0n) is 15.7. The average Bonchev–Trinajstić information content (AvgIpc) is 3.13. The molecule has 0 aliphatic carbocycles. The highest BCUT2D eigenvalue weighted by molar-refractivity contribution is 5.13. The lowest BCUT2D eigenvalue weighted by Crippen LogP contribution is -2.20. The standard InChI is InChI=1S/C19H32N4/c1-12(2)15-10-21-18(23-15)19(6,7)9-8-14(5)16-11-20-17(22-16)13(3)4/h10-14H,8-9H2,1-7H3,(H,20,22)(H,21,23). The Labute approximate surface area is 140 Å². The third-order valence-electron chi connectivity index (χ3n) is 4.75. The first-order chi connectivity index (χ1) is 10.7. The molecule has 0 aromatic carbocycles. The van der Waals surface area contributed by atoms with Crippen molar-refractivity contribution >= 4 is 0 Å². The number of rotatable bonds is 7. The molecule has 4 nitrogen and oxygen atoms in total. The molecule has 0 saturated heterocycles. The summed E-state index contributed by atoms with van der Waals surface area (Å²) in [6.45, 7) is 15.5. The molecule has 4 heteroatoms. The Morgan fingerprint density at radius 2 is 1.57 bits per heavy atom. The van der Waals surface area contributed by atoms with Gasteiger partial charge in [-0.15, -0.1) is 0 Å². The van der Waals surface area contributed by atoms with E-state index in [2.05, 4.69) is 68.4 Å². The van der Waals surface area contributed by atoms with Crippen molar-refractivity contribution in [3.63, 3.8) is 0 Å². The smallest absolute Gasteiger partial charge is 0.111 e. The lowest BCUT2D eigenvalue weighted by molar-refractivity contribution is 0.417. The maximum Gasteiger partial charge on any atom is 0.111 e. The molecule has 2 heterocycles. The van der Waals surface area contributed by atoms with E-state index in [0.29, 0.717) is 17.8 Å².